The number of benzene rings is 2. The number of aryl methyl sites for hydroxylation is 2. The molecule has 35 heavy (non-hydrogen) atoms. The molecule has 2 fully saturated rings. The molecular weight excluding hydrogens is 464 g/mol. The number of thioether (sulfide) groups is 2. The Labute approximate surface area is 219 Å². The van der Waals surface area contributed by atoms with Crippen LogP contribution in [-0.2, 0) is 12.8 Å². The van der Waals surface area contributed by atoms with E-state index in [0.717, 1.165) is 5.92 Å². The quantitative estimate of drug-likeness (QED) is 0.399. The fraction of sp³-hybridized carbons (Fsp3) is 0.484. The van der Waals surface area contributed by atoms with Crippen LogP contribution in [0.4, 0.5) is 0 Å². The summed E-state index contributed by atoms with van der Waals surface area (Å²) >= 11 is 4.02. The van der Waals surface area contributed by atoms with E-state index in [0.29, 0.717) is 23.9 Å². The normalized spacial score (nSPS) is 25.0. The Kier molecular flexibility index (Phi) is 6.92. The zero-order chi connectivity index (χ0) is 23.9. The third-order valence-electron chi connectivity index (χ3n) is 8.76. The second-order valence-corrected chi connectivity index (χ2v) is 13.0. The summed E-state index contributed by atoms with van der Waals surface area (Å²) in [5.74, 6) is 4.44. The van der Waals surface area contributed by atoms with E-state index < -0.39 is 0 Å². The molecule has 6 rings (SSSR count). The third kappa shape index (κ3) is 4.68. The first-order valence-corrected chi connectivity index (χ1v) is 15.4. The average molecular weight is 503 g/mol. The molecule has 2 aromatic rings. The molecule has 0 saturated heterocycles. The van der Waals surface area contributed by atoms with Gasteiger partial charge in [0.05, 0.1) is 0 Å². The largest absolute Gasteiger partial charge is 0.313 e. The highest BCUT2D eigenvalue weighted by atomic mass is 32.2. The van der Waals surface area contributed by atoms with E-state index in [9.17, 15) is 0 Å². The Hall–Kier alpha value is -1.46. The van der Waals surface area contributed by atoms with Crippen molar-refractivity contribution in [3.8, 4) is 0 Å². The minimum absolute atomic E-state index is 0.328. The lowest BCUT2D eigenvalue weighted by Crippen LogP contribution is -2.38. The van der Waals surface area contributed by atoms with Crippen molar-refractivity contribution in [2.75, 3.05) is 25.6 Å². The maximum atomic E-state index is 4.59. The minimum Gasteiger partial charge on any atom is -0.313 e. The molecule has 4 aliphatic rings. The second kappa shape index (κ2) is 10.1. The fourth-order valence-electron chi connectivity index (χ4n) is 6.38. The summed E-state index contributed by atoms with van der Waals surface area (Å²) in [6.45, 7) is 4.59. The van der Waals surface area contributed by atoms with Crippen molar-refractivity contribution in [2.45, 2.75) is 60.4 Å². The minimum atomic E-state index is 0.328. The van der Waals surface area contributed by atoms with Crippen LogP contribution in [0, 0.1) is 17.8 Å². The van der Waals surface area contributed by atoms with Gasteiger partial charge in [0, 0.05) is 33.4 Å². The summed E-state index contributed by atoms with van der Waals surface area (Å²) in [6, 6.07) is 15.1. The third-order valence-corrected chi connectivity index (χ3v) is 11.0. The van der Waals surface area contributed by atoms with E-state index in [1.807, 2.05) is 23.5 Å². The Bertz CT molecular complexity index is 1150. The van der Waals surface area contributed by atoms with E-state index in [2.05, 4.69) is 73.8 Å². The first kappa shape index (κ1) is 23.9. The highest BCUT2D eigenvalue weighted by molar-refractivity contribution is 7.99. The molecule has 0 amide bonds. The number of hydrogen-bond acceptors (Lipinski definition) is 4. The van der Waals surface area contributed by atoms with Crippen molar-refractivity contribution < 1.29 is 0 Å². The summed E-state index contributed by atoms with van der Waals surface area (Å²) in [5.41, 5.74) is 8.57. The van der Waals surface area contributed by atoms with Gasteiger partial charge >= 0.3 is 0 Å². The van der Waals surface area contributed by atoms with Crippen LogP contribution in [0.5, 0.6) is 0 Å². The zero-order valence-electron chi connectivity index (χ0n) is 21.1. The van der Waals surface area contributed by atoms with Crippen LogP contribution in [0.25, 0.3) is 11.1 Å². The summed E-state index contributed by atoms with van der Waals surface area (Å²) in [6.07, 6.45) is 10.4. The van der Waals surface area contributed by atoms with Crippen LogP contribution in [-0.4, -0.2) is 37.7 Å². The van der Waals surface area contributed by atoms with Gasteiger partial charge in [-0.05, 0) is 109 Å². The van der Waals surface area contributed by atoms with Crippen molar-refractivity contribution in [3.63, 3.8) is 0 Å². The summed E-state index contributed by atoms with van der Waals surface area (Å²) in [7, 11) is 4.27. The van der Waals surface area contributed by atoms with Gasteiger partial charge in [-0.3, -0.25) is 0 Å². The average Bonchev–Trinajstić information content (AvgIpc) is 3.22. The van der Waals surface area contributed by atoms with Crippen LogP contribution >= 0.6 is 23.5 Å². The molecule has 4 unspecified atom stereocenters. The standard InChI is InChI=1S/C31H38N2S2/c1-19(23-9-7-20-11-13-34-28(20)17-23)30(32-2)27-16-25(27)15-26(31(33-3)22-5-4-6-22)24-10-8-21-12-14-35-29(21)18-24/h7-10,15,17-18,22,25,27,30-33H,1,4-6,11-14,16H2,2-3H3/b26-15-. The van der Waals surface area contributed by atoms with Gasteiger partial charge in [0.15, 0.2) is 0 Å². The van der Waals surface area contributed by atoms with Gasteiger partial charge < -0.3 is 10.6 Å². The fourth-order valence-corrected chi connectivity index (χ4v) is 8.59. The first-order valence-electron chi connectivity index (χ1n) is 13.4. The predicted molar refractivity (Wildman–Crippen MR) is 153 cm³/mol. The van der Waals surface area contributed by atoms with Crippen LogP contribution in [0.3, 0.4) is 0 Å². The molecule has 2 nitrogen and oxygen atoms in total. The molecule has 4 heteroatoms. The molecule has 0 aromatic heterocycles. The van der Waals surface area contributed by atoms with E-state index in [-0.39, 0.29) is 0 Å². The molecule has 4 atom stereocenters. The molecular formula is C31H38N2S2. The first-order chi connectivity index (χ1) is 17.2. The van der Waals surface area contributed by atoms with Crippen molar-refractivity contribution in [1.82, 2.24) is 10.6 Å². The summed E-state index contributed by atoms with van der Waals surface area (Å²) in [4.78, 5) is 2.96. The molecule has 2 aliphatic carbocycles. The predicted octanol–water partition coefficient (Wildman–Crippen LogP) is 6.69. The second-order valence-electron chi connectivity index (χ2n) is 10.8. The number of nitrogens with one attached hydrogen (secondary N) is 2. The number of hydrogen-bond donors (Lipinski definition) is 2. The topological polar surface area (TPSA) is 24.1 Å². The van der Waals surface area contributed by atoms with E-state index in [1.54, 1.807) is 0 Å². The molecule has 2 saturated carbocycles. The smallest absolute Gasteiger partial charge is 0.0352 e. The number of allylic oxidation sites excluding steroid dienone is 1. The molecule has 2 aromatic carbocycles. The van der Waals surface area contributed by atoms with Gasteiger partial charge in [-0.25, -0.2) is 0 Å². The highest BCUT2D eigenvalue weighted by Gasteiger charge is 2.43. The number of likely N-dealkylation sites (N-methyl/N-ethyl adjacent to an activating group) is 2. The van der Waals surface area contributed by atoms with Gasteiger partial charge in [0.1, 0.15) is 0 Å². The molecule has 184 valence electrons. The van der Waals surface area contributed by atoms with E-state index >= 15 is 0 Å². The van der Waals surface area contributed by atoms with Crippen LogP contribution in [0.2, 0.25) is 0 Å². The maximum absolute atomic E-state index is 4.59. The lowest BCUT2D eigenvalue weighted by atomic mass is 9.75. The van der Waals surface area contributed by atoms with Crippen molar-refractivity contribution in [2.24, 2.45) is 17.8 Å². The molecule has 0 spiro atoms. The molecule has 0 bridgehead atoms. The van der Waals surface area contributed by atoms with Crippen LogP contribution in [0.1, 0.15) is 47.9 Å². The molecule has 0 radical (unpaired) electrons. The Morgan fingerprint density at radius 1 is 0.914 bits per heavy atom. The van der Waals surface area contributed by atoms with Gasteiger partial charge in [0.2, 0.25) is 0 Å². The van der Waals surface area contributed by atoms with Gasteiger partial charge in [-0.2, -0.15) is 0 Å². The van der Waals surface area contributed by atoms with Crippen molar-refractivity contribution >= 4 is 34.7 Å². The lowest BCUT2D eigenvalue weighted by molar-refractivity contribution is 0.272. The van der Waals surface area contributed by atoms with Crippen molar-refractivity contribution in [3.05, 3.63) is 71.3 Å². The van der Waals surface area contributed by atoms with E-state index in [1.165, 1.54) is 93.2 Å². The Morgan fingerprint density at radius 2 is 1.54 bits per heavy atom. The number of fused-ring (bicyclic) bond motifs is 2. The SMILES string of the molecule is C=C(c1ccc2c(c1)SCC2)C(NC)C1CC1/C=C(/c1ccc2c(c1)SCC2)C(NC)C1CCC1. The maximum Gasteiger partial charge on any atom is 0.0352 e. The van der Waals surface area contributed by atoms with Gasteiger partial charge in [0.25, 0.3) is 0 Å². The van der Waals surface area contributed by atoms with E-state index in [4.69, 9.17) is 0 Å². The zero-order valence-corrected chi connectivity index (χ0v) is 22.7. The van der Waals surface area contributed by atoms with Gasteiger partial charge in [-0.15, -0.1) is 23.5 Å². The molecule has 2 heterocycles. The van der Waals surface area contributed by atoms with Crippen molar-refractivity contribution in [1.29, 1.82) is 0 Å². The Morgan fingerprint density at radius 3 is 2.14 bits per heavy atom. The summed E-state index contributed by atoms with van der Waals surface area (Å²) in [5, 5.41) is 7.36. The number of rotatable bonds is 9. The lowest BCUT2D eigenvalue weighted by Gasteiger charge is -2.35. The summed E-state index contributed by atoms with van der Waals surface area (Å²) < 4.78 is 0. The molecule has 2 aliphatic heterocycles. The van der Waals surface area contributed by atoms with Gasteiger partial charge in [-0.1, -0.05) is 43.3 Å². The highest BCUT2D eigenvalue weighted by Crippen LogP contribution is 2.49. The monoisotopic (exact) mass is 502 g/mol. The van der Waals surface area contributed by atoms with Crippen LogP contribution < -0.4 is 10.6 Å². The molecule has 2 N–H and O–H groups in total. The van der Waals surface area contributed by atoms with Crippen LogP contribution in [0.15, 0.2) is 58.8 Å². The Balaban J connectivity index is 1.26.